The first-order valence-electron chi connectivity index (χ1n) is 5.84. The number of hydrogen-bond acceptors (Lipinski definition) is 2. The molecular weight excluding hydrogens is 212 g/mol. The maximum Gasteiger partial charge on any atom is 0.122 e. The Morgan fingerprint density at radius 2 is 2.06 bits per heavy atom. The standard InChI is InChI=1S/C14H18N2O/c1-11-5-4-6-14(12(11)2)17-10-8-13-7-9-15-16(13)3/h4-7,9H,8,10H2,1-3H3. The summed E-state index contributed by atoms with van der Waals surface area (Å²) in [4.78, 5) is 0. The van der Waals surface area contributed by atoms with E-state index in [-0.39, 0.29) is 0 Å². The Balaban J connectivity index is 1.95. The number of aryl methyl sites for hydroxylation is 2. The van der Waals surface area contributed by atoms with Crippen LogP contribution in [-0.2, 0) is 13.5 Å². The lowest BCUT2D eigenvalue weighted by atomic mass is 10.1. The molecule has 0 spiro atoms. The minimum Gasteiger partial charge on any atom is -0.493 e. The molecule has 0 radical (unpaired) electrons. The summed E-state index contributed by atoms with van der Waals surface area (Å²) >= 11 is 0. The van der Waals surface area contributed by atoms with Crippen molar-refractivity contribution in [3.63, 3.8) is 0 Å². The van der Waals surface area contributed by atoms with Crippen molar-refractivity contribution < 1.29 is 4.74 Å². The van der Waals surface area contributed by atoms with E-state index in [1.54, 1.807) is 0 Å². The third-order valence-corrected chi connectivity index (χ3v) is 3.09. The second-order valence-corrected chi connectivity index (χ2v) is 4.24. The number of aromatic nitrogens is 2. The minimum absolute atomic E-state index is 0.684. The van der Waals surface area contributed by atoms with Crippen LogP contribution in [0.3, 0.4) is 0 Å². The van der Waals surface area contributed by atoms with Crippen molar-refractivity contribution in [2.45, 2.75) is 20.3 Å². The molecule has 3 heteroatoms. The van der Waals surface area contributed by atoms with Crippen LogP contribution in [0.2, 0.25) is 0 Å². The molecule has 0 aliphatic heterocycles. The van der Waals surface area contributed by atoms with E-state index in [4.69, 9.17) is 4.74 Å². The molecule has 2 aromatic rings. The normalized spacial score (nSPS) is 10.5. The highest BCUT2D eigenvalue weighted by Crippen LogP contribution is 2.20. The van der Waals surface area contributed by atoms with E-state index in [0.29, 0.717) is 6.61 Å². The number of hydrogen-bond donors (Lipinski definition) is 0. The molecule has 1 heterocycles. The lowest BCUT2D eigenvalue weighted by Gasteiger charge is -2.10. The van der Waals surface area contributed by atoms with Gasteiger partial charge in [-0.3, -0.25) is 4.68 Å². The van der Waals surface area contributed by atoms with Crippen LogP contribution in [0.15, 0.2) is 30.5 Å². The summed E-state index contributed by atoms with van der Waals surface area (Å²) < 4.78 is 7.69. The van der Waals surface area contributed by atoms with E-state index in [0.717, 1.165) is 12.2 Å². The smallest absolute Gasteiger partial charge is 0.122 e. The fourth-order valence-electron chi connectivity index (χ4n) is 1.79. The van der Waals surface area contributed by atoms with Crippen molar-refractivity contribution in [2.24, 2.45) is 7.05 Å². The van der Waals surface area contributed by atoms with Crippen LogP contribution in [0.25, 0.3) is 0 Å². The van der Waals surface area contributed by atoms with E-state index in [2.05, 4.69) is 25.0 Å². The second kappa shape index (κ2) is 5.04. The zero-order valence-corrected chi connectivity index (χ0v) is 10.6. The van der Waals surface area contributed by atoms with Crippen LogP contribution in [-0.4, -0.2) is 16.4 Å². The number of nitrogens with zero attached hydrogens (tertiary/aromatic N) is 2. The van der Waals surface area contributed by atoms with Crippen molar-refractivity contribution in [1.82, 2.24) is 9.78 Å². The number of ether oxygens (including phenoxy) is 1. The third kappa shape index (κ3) is 2.67. The van der Waals surface area contributed by atoms with E-state index in [9.17, 15) is 0 Å². The molecule has 0 fully saturated rings. The van der Waals surface area contributed by atoms with Crippen LogP contribution in [0.1, 0.15) is 16.8 Å². The molecule has 2 rings (SSSR count). The van der Waals surface area contributed by atoms with Gasteiger partial charge in [-0.1, -0.05) is 12.1 Å². The van der Waals surface area contributed by atoms with Crippen LogP contribution in [0.4, 0.5) is 0 Å². The topological polar surface area (TPSA) is 27.1 Å². The highest BCUT2D eigenvalue weighted by Gasteiger charge is 2.03. The van der Waals surface area contributed by atoms with Gasteiger partial charge in [-0.25, -0.2) is 0 Å². The van der Waals surface area contributed by atoms with Crippen LogP contribution >= 0.6 is 0 Å². The van der Waals surface area contributed by atoms with E-state index in [1.165, 1.54) is 16.8 Å². The van der Waals surface area contributed by atoms with Gasteiger partial charge in [0.05, 0.1) is 6.61 Å². The van der Waals surface area contributed by atoms with E-state index < -0.39 is 0 Å². The molecule has 0 bridgehead atoms. The average Bonchev–Trinajstić information content (AvgIpc) is 2.71. The molecule has 0 unspecified atom stereocenters. The van der Waals surface area contributed by atoms with Gasteiger partial charge in [0.2, 0.25) is 0 Å². The van der Waals surface area contributed by atoms with Gasteiger partial charge in [0.25, 0.3) is 0 Å². The fraction of sp³-hybridized carbons (Fsp3) is 0.357. The molecule has 0 aliphatic rings. The monoisotopic (exact) mass is 230 g/mol. The van der Waals surface area contributed by atoms with Crippen molar-refractivity contribution in [2.75, 3.05) is 6.61 Å². The maximum atomic E-state index is 5.80. The Bertz CT molecular complexity index is 503. The molecule has 0 saturated carbocycles. The van der Waals surface area contributed by atoms with Crippen LogP contribution < -0.4 is 4.74 Å². The molecule has 1 aromatic carbocycles. The third-order valence-electron chi connectivity index (χ3n) is 3.09. The van der Waals surface area contributed by atoms with E-state index in [1.807, 2.05) is 36.1 Å². The summed E-state index contributed by atoms with van der Waals surface area (Å²) in [6.07, 6.45) is 2.69. The summed E-state index contributed by atoms with van der Waals surface area (Å²) in [7, 11) is 1.95. The molecule has 1 aromatic heterocycles. The highest BCUT2D eigenvalue weighted by atomic mass is 16.5. The van der Waals surface area contributed by atoms with E-state index >= 15 is 0 Å². The molecule has 17 heavy (non-hydrogen) atoms. The van der Waals surface area contributed by atoms with Gasteiger partial charge >= 0.3 is 0 Å². The first-order chi connectivity index (χ1) is 8.18. The number of rotatable bonds is 4. The van der Waals surface area contributed by atoms with Crippen molar-refractivity contribution in [3.8, 4) is 5.75 Å². The predicted molar refractivity (Wildman–Crippen MR) is 68.3 cm³/mol. The first kappa shape index (κ1) is 11.7. The first-order valence-corrected chi connectivity index (χ1v) is 5.84. The summed E-state index contributed by atoms with van der Waals surface area (Å²) in [6, 6.07) is 8.17. The molecule has 0 saturated heterocycles. The quantitative estimate of drug-likeness (QED) is 0.807. The molecular formula is C14H18N2O. The van der Waals surface area contributed by atoms with Crippen molar-refractivity contribution in [3.05, 3.63) is 47.3 Å². The van der Waals surface area contributed by atoms with Gasteiger partial charge in [-0.2, -0.15) is 5.10 Å². The molecule has 0 amide bonds. The highest BCUT2D eigenvalue weighted by molar-refractivity contribution is 5.38. The lowest BCUT2D eigenvalue weighted by molar-refractivity contribution is 0.316. The molecule has 0 N–H and O–H groups in total. The molecule has 0 aliphatic carbocycles. The summed E-state index contributed by atoms with van der Waals surface area (Å²) in [5.41, 5.74) is 3.68. The predicted octanol–water partition coefficient (Wildman–Crippen LogP) is 2.66. The molecule has 3 nitrogen and oxygen atoms in total. The Hall–Kier alpha value is -1.77. The van der Waals surface area contributed by atoms with Gasteiger partial charge in [-0.05, 0) is 37.1 Å². The summed E-state index contributed by atoms with van der Waals surface area (Å²) in [5.74, 6) is 0.979. The van der Waals surface area contributed by atoms with Crippen LogP contribution in [0.5, 0.6) is 5.75 Å². The lowest BCUT2D eigenvalue weighted by Crippen LogP contribution is -2.06. The maximum absolute atomic E-state index is 5.80. The summed E-state index contributed by atoms with van der Waals surface area (Å²) in [6.45, 7) is 4.88. The van der Waals surface area contributed by atoms with Gasteiger partial charge in [0.15, 0.2) is 0 Å². The Kier molecular flexibility index (Phi) is 3.47. The Morgan fingerprint density at radius 3 is 2.76 bits per heavy atom. The largest absolute Gasteiger partial charge is 0.493 e. The van der Waals surface area contributed by atoms with Crippen LogP contribution in [0, 0.1) is 13.8 Å². The Labute approximate surface area is 102 Å². The van der Waals surface area contributed by atoms with Crippen molar-refractivity contribution >= 4 is 0 Å². The van der Waals surface area contributed by atoms with Gasteiger partial charge < -0.3 is 4.74 Å². The second-order valence-electron chi connectivity index (χ2n) is 4.24. The molecule has 0 atom stereocenters. The average molecular weight is 230 g/mol. The van der Waals surface area contributed by atoms with Gasteiger partial charge in [0, 0.05) is 25.4 Å². The number of benzene rings is 1. The zero-order valence-electron chi connectivity index (χ0n) is 10.6. The van der Waals surface area contributed by atoms with Gasteiger partial charge in [0.1, 0.15) is 5.75 Å². The van der Waals surface area contributed by atoms with Gasteiger partial charge in [-0.15, -0.1) is 0 Å². The zero-order chi connectivity index (χ0) is 12.3. The van der Waals surface area contributed by atoms with Crippen molar-refractivity contribution in [1.29, 1.82) is 0 Å². The minimum atomic E-state index is 0.684. The SMILES string of the molecule is Cc1cccc(OCCc2ccnn2C)c1C. The Morgan fingerprint density at radius 1 is 1.24 bits per heavy atom. The fourth-order valence-corrected chi connectivity index (χ4v) is 1.79. The summed E-state index contributed by atoms with van der Waals surface area (Å²) in [5, 5.41) is 4.14. The molecule has 90 valence electrons.